The lowest BCUT2D eigenvalue weighted by Gasteiger charge is -2.31. The van der Waals surface area contributed by atoms with Gasteiger partial charge in [-0.25, -0.2) is 0 Å². The zero-order valence-electron chi connectivity index (χ0n) is 52.1. The van der Waals surface area contributed by atoms with Crippen LogP contribution in [0.2, 0.25) is 0 Å². The van der Waals surface area contributed by atoms with Crippen molar-refractivity contribution in [3.05, 3.63) is 396 Å². The molecule has 2 spiro atoms. The van der Waals surface area contributed by atoms with Crippen LogP contribution in [0, 0.1) is 0 Å². The van der Waals surface area contributed by atoms with Crippen molar-refractivity contribution in [2.24, 2.45) is 0 Å². The standard InChI is InChI=1S/C90H66N4/c1-5-25-69(26-6-1)91(70-27-7-2-8-28-70)75-45-49-77(50-46-75)93(79-53-55-83-81-33-17-19-35-85(81)89(87(83)57-79)59-65-21-13-14-22-66(65)60-89)73-41-37-63(38-42-73)64-39-43-74(44-40-64)94(78-51-47-76(48-52-78)92(71-29-9-3-10-30-71)72-31-11-4-12-32-72)80-54-56-84-82-34-18-20-36-86(82)90(88(84)58-80)61-67-23-15-16-24-68(67)62-90/h1-58H,59-62H2. The first kappa shape index (κ1) is 55.1. The zero-order valence-corrected chi connectivity index (χ0v) is 52.1. The number of nitrogens with zero attached hydrogens (tertiary/aromatic N) is 4. The minimum absolute atomic E-state index is 0.148. The Morgan fingerprint density at radius 1 is 0.170 bits per heavy atom. The SMILES string of the molecule is c1ccc(N(c2ccccc2)c2ccc(N(c3ccc(-c4ccc(N(c5ccc(N(c6ccccc6)c6ccccc6)cc5)c5ccc6c(c5)C5(Cc7ccccc7C5)c5ccccc5-6)cc4)cc3)c3ccc4c(c3)C3(Cc5ccccc5C3)c3ccccc3-4)cc2)cc1. The Labute approximate surface area is 550 Å². The molecule has 4 aliphatic rings. The molecule has 0 N–H and O–H groups in total. The summed E-state index contributed by atoms with van der Waals surface area (Å²) in [5.41, 5.74) is 32.1. The fraction of sp³-hybridized carbons (Fsp3) is 0.0667. The molecule has 14 aromatic rings. The van der Waals surface area contributed by atoms with E-state index in [9.17, 15) is 0 Å². The number of para-hydroxylation sites is 4. The van der Waals surface area contributed by atoms with Crippen LogP contribution in [0.1, 0.15) is 44.5 Å². The average molecular weight is 1200 g/mol. The highest BCUT2D eigenvalue weighted by molar-refractivity contribution is 5.91. The van der Waals surface area contributed by atoms with Gasteiger partial charge in [-0.3, -0.25) is 0 Å². The molecule has 0 saturated heterocycles. The third kappa shape index (κ3) is 9.19. The van der Waals surface area contributed by atoms with Crippen molar-refractivity contribution in [2.45, 2.75) is 36.5 Å². The molecule has 94 heavy (non-hydrogen) atoms. The van der Waals surface area contributed by atoms with Crippen molar-refractivity contribution in [1.82, 2.24) is 0 Å². The normalized spacial score (nSPS) is 13.7. The van der Waals surface area contributed by atoms with Gasteiger partial charge in [-0.15, -0.1) is 0 Å². The second kappa shape index (κ2) is 22.6. The van der Waals surface area contributed by atoms with E-state index in [1.54, 1.807) is 0 Å². The smallest absolute Gasteiger partial charge is 0.0465 e. The molecule has 0 fully saturated rings. The van der Waals surface area contributed by atoms with Crippen molar-refractivity contribution in [3.8, 4) is 33.4 Å². The summed E-state index contributed by atoms with van der Waals surface area (Å²) < 4.78 is 0. The van der Waals surface area contributed by atoms with Gasteiger partial charge in [-0.05, 0) is 249 Å². The summed E-state index contributed by atoms with van der Waals surface area (Å²) in [6.45, 7) is 0. The summed E-state index contributed by atoms with van der Waals surface area (Å²) in [6.07, 6.45) is 3.94. The molecule has 0 bridgehead atoms. The first-order chi connectivity index (χ1) is 46.5. The molecule has 446 valence electrons. The number of anilines is 12. The van der Waals surface area contributed by atoms with Crippen LogP contribution in [-0.2, 0) is 36.5 Å². The Morgan fingerprint density at radius 3 is 0.681 bits per heavy atom. The zero-order chi connectivity index (χ0) is 62.2. The Hall–Kier alpha value is -11.7. The number of rotatable bonds is 13. The Bertz CT molecular complexity index is 4670. The van der Waals surface area contributed by atoms with E-state index >= 15 is 0 Å². The fourth-order valence-corrected chi connectivity index (χ4v) is 16.4. The Kier molecular flexibility index (Phi) is 13.3. The molecule has 18 rings (SSSR count). The lowest BCUT2D eigenvalue weighted by molar-refractivity contribution is 0.563. The third-order valence-electron chi connectivity index (χ3n) is 20.6. The quantitative estimate of drug-likeness (QED) is 0.114. The molecule has 0 radical (unpaired) electrons. The summed E-state index contributed by atoms with van der Waals surface area (Å²) in [5, 5.41) is 0. The summed E-state index contributed by atoms with van der Waals surface area (Å²) in [4.78, 5) is 9.58. The summed E-state index contributed by atoms with van der Waals surface area (Å²) in [7, 11) is 0. The van der Waals surface area contributed by atoms with E-state index in [4.69, 9.17) is 0 Å². The average Bonchev–Trinajstić information content (AvgIpc) is 1.55. The molecule has 0 aromatic heterocycles. The van der Waals surface area contributed by atoms with Crippen LogP contribution < -0.4 is 19.6 Å². The van der Waals surface area contributed by atoms with Crippen LogP contribution in [0.4, 0.5) is 68.2 Å². The monoisotopic (exact) mass is 1200 g/mol. The molecule has 4 nitrogen and oxygen atoms in total. The highest BCUT2D eigenvalue weighted by Crippen LogP contribution is 2.59. The highest BCUT2D eigenvalue weighted by Gasteiger charge is 2.49. The van der Waals surface area contributed by atoms with Crippen molar-refractivity contribution in [2.75, 3.05) is 19.6 Å². The van der Waals surface area contributed by atoms with E-state index < -0.39 is 0 Å². The maximum atomic E-state index is 2.51. The van der Waals surface area contributed by atoms with Gasteiger partial charge in [0.25, 0.3) is 0 Å². The van der Waals surface area contributed by atoms with Crippen LogP contribution >= 0.6 is 0 Å². The predicted octanol–water partition coefficient (Wildman–Crippen LogP) is 23.4. The van der Waals surface area contributed by atoms with Crippen LogP contribution in [0.3, 0.4) is 0 Å². The van der Waals surface area contributed by atoms with Gasteiger partial charge in [0, 0.05) is 79.1 Å². The summed E-state index contributed by atoms with van der Waals surface area (Å²) >= 11 is 0. The van der Waals surface area contributed by atoms with Crippen LogP contribution in [0.5, 0.6) is 0 Å². The van der Waals surface area contributed by atoms with Gasteiger partial charge in [-0.2, -0.15) is 0 Å². The number of fused-ring (bicyclic) bond motifs is 12. The van der Waals surface area contributed by atoms with Gasteiger partial charge in [0.1, 0.15) is 0 Å². The van der Waals surface area contributed by atoms with Gasteiger partial charge < -0.3 is 19.6 Å². The number of hydrogen-bond donors (Lipinski definition) is 0. The van der Waals surface area contributed by atoms with Gasteiger partial charge in [0.15, 0.2) is 0 Å². The highest BCUT2D eigenvalue weighted by atomic mass is 15.2. The minimum atomic E-state index is -0.148. The molecule has 0 amide bonds. The lowest BCUT2D eigenvalue weighted by atomic mass is 9.75. The van der Waals surface area contributed by atoms with Gasteiger partial charge in [0.05, 0.1) is 0 Å². The fourth-order valence-electron chi connectivity index (χ4n) is 16.4. The molecule has 0 saturated carbocycles. The molecule has 0 heterocycles. The molecule has 4 heteroatoms. The van der Waals surface area contributed by atoms with Crippen molar-refractivity contribution < 1.29 is 0 Å². The Morgan fingerprint density at radius 2 is 0.383 bits per heavy atom. The third-order valence-corrected chi connectivity index (χ3v) is 20.6. The first-order valence-corrected chi connectivity index (χ1v) is 33.0. The molecule has 14 aromatic carbocycles. The minimum Gasteiger partial charge on any atom is -0.311 e. The molecule has 0 atom stereocenters. The molecular weight excluding hydrogens is 1140 g/mol. The summed E-state index contributed by atoms with van der Waals surface area (Å²) in [5.74, 6) is 0. The van der Waals surface area contributed by atoms with E-state index in [-0.39, 0.29) is 10.8 Å². The van der Waals surface area contributed by atoms with E-state index in [0.29, 0.717) is 0 Å². The molecule has 0 unspecified atom stereocenters. The lowest BCUT2D eigenvalue weighted by Crippen LogP contribution is -2.26. The van der Waals surface area contributed by atoms with Crippen molar-refractivity contribution in [3.63, 3.8) is 0 Å². The summed E-state index contributed by atoms with van der Waals surface area (Å²) in [6, 6.07) is 130. The predicted molar refractivity (Wildman–Crippen MR) is 391 cm³/mol. The van der Waals surface area contributed by atoms with Crippen LogP contribution in [0.15, 0.2) is 352 Å². The number of benzene rings is 14. The molecule has 4 aliphatic carbocycles. The van der Waals surface area contributed by atoms with Gasteiger partial charge in [-0.1, -0.05) is 206 Å². The largest absolute Gasteiger partial charge is 0.311 e. The second-order valence-electron chi connectivity index (χ2n) is 25.8. The number of hydrogen-bond acceptors (Lipinski definition) is 4. The topological polar surface area (TPSA) is 13.0 Å². The first-order valence-electron chi connectivity index (χ1n) is 33.0. The van der Waals surface area contributed by atoms with Crippen molar-refractivity contribution >= 4 is 68.2 Å². The molecule has 0 aliphatic heterocycles. The van der Waals surface area contributed by atoms with Crippen molar-refractivity contribution in [1.29, 1.82) is 0 Å². The second-order valence-corrected chi connectivity index (χ2v) is 25.8. The van der Waals surface area contributed by atoms with Gasteiger partial charge >= 0.3 is 0 Å². The van der Waals surface area contributed by atoms with E-state index in [1.807, 2.05) is 0 Å². The van der Waals surface area contributed by atoms with Crippen LogP contribution in [0.25, 0.3) is 33.4 Å². The van der Waals surface area contributed by atoms with E-state index in [2.05, 4.69) is 371 Å². The maximum Gasteiger partial charge on any atom is 0.0465 e. The van der Waals surface area contributed by atoms with Gasteiger partial charge in [0.2, 0.25) is 0 Å². The van der Waals surface area contributed by atoms with Crippen LogP contribution in [-0.4, -0.2) is 0 Å². The Balaban J connectivity index is 0.727. The van der Waals surface area contributed by atoms with E-state index in [0.717, 1.165) is 105 Å². The molecular formula is C90H66N4. The van der Waals surface area contributed by atoms with E-state index in [1.165, 1.54) is 66.8 Å². The maximum absolute atomic E-state index is 2.51.